The summed E-state index contributed by atoms with van der Waals surface area (Å²) >= 11 is 0. The van der Waals surface area contributed by atoms with Gasteiger partial charge in [0.2, 0.25) is 5.91 Å². The van der Waals surface area contributed by atoms with Gasteiger partial charge in [-0.1, -0.05) is 30.3 Å². The maximum Gasteiger partial charge on any atom is 0.387 e. The minimum absolute atomic E-state index is 0.0134. The minimum Gasteiger partial charge on any atom is -0.435 e. The van der Waals surface area contributed by atoms with Crippen LogP contribution in [0.5, 0.6) is 5.75 Å². The Labute approximate surface area is 174 Å². The van der Waals surface area contributed by atoms with Crippen LogP contribution in [-0.2, 0) is 11.2 Å². The summed E-state index contributed by atoms with van der Waals surface area (Å²) in [6, 6.07) is 15.5. The fraction of sp³-hybridized carbons (Fsp3) is 0.364. The molecule has 0 radical (unpaired) electrons. The predicted octanol–water partition coefficient (Wildman–Crippen LogP) is 3.89. The van der Waals surface area contributed by atoms with Gasteiger partial charge in [0, 0.05) is 31.2 Å². The second-order valence-electron chi connectivity index (χ2n) is 7.12. The molecule has 3 amide bonds. The molecule has 2 N–H and O–H groups in total. The Hall–Kier alpha value is -3.16. The Bertz CT molecular complexity index is 823. The molecule has 3 rings (SSSR count). The summed E-state index contributed by atoms with van der Waals surface area (Å²) in [7, 11) is 0. The number of para-hydroxylation sites is 1. The van der Waals surface area contributed by atoms with Gasteiger partial charge in [0.15, 0.2) is 0 Å². The minimum atomic E-state index is -2.84. The van der Waals surface area contributed by atoms with Crippen LogP contribution >= 0.6 is 0 Å². The monoisotopic (exact) mass is 417 g/mol. The maximum absolute atomic E-state index is 12.4. The van der Waals surface area contributed by atoms with Gasteiger partial charge >= 0.3 is 12.6 Å². The lowest BCUT2D eigenvalue weighted by Crippen LogP contribution is -2.46. The summed E-state index contributed by atoms with van der Waals surface area (Å²) in [4.78, 5) is 26.4. The van der Waals surface area contributed by atoms with Crippen molar-refractivity contribution >= 4 is 17.6 Å². The number of nitrogens with zero attached hydrogens (tertiary/aromatic N) is 1. The first kappa shape index (κ1) is 21.5. The number of piperidine rings is 1. The van der Waals surface area contributed by atoms with Crippen molar-refractivity contribution in [2.45, 2.75) is 25.9 Å². The summed E-state index contributed by atoms with van der Waals surface area (Å²) in [5.74, 6) is -0.0132. The van der Waals surface area contributed by atoms with Crippen molar-refractivity contribution in [2.24, 2.45) is 5.92 Å². The van der Waals surface area contributed by atoms with E-state index in [0.717, 1.165) is 11.3 Å². The van der Waals surface area contributed by atoms with Gasteiger partial charge in [0.25, 0.3) is 0 Å². The van der Waals surface area contributed by atoms with Gasteiger partial charge in [-0.25, -0.2) is 4.79 Å². The summed E-state index contributed by atoms with van der Waals surface area (Å²) in [5.41, 5.74) is 1.68. The third kappa shape index (κ3) is 6.43. The van der Waals surface area contributed by atoms with E-state index in [4.69, 9.17) is 0 Å². The Morgan fingerprint density at radius 2 is 1.70 bits per heavy atom. The number of amides is 3. The van der Waals surface area contributed by atoms with Crippen molar-refractivity contribution in [1.82, 2.24) is 10.2 Å². The van der Waals surface area contributed by atoms with E-state index in [2.05, 4.69) is 15.4 Å². The molecule has 1 aliphatic heterocycles. The molecule has 6 nitrogen and oxygen atoms in total. The highest BCUT2D eigenvalue weighted by Gasteiger charge is 2.27. The van der Waals surface area contributed by atoms with Gasteiger partial charge in [-0.05, 0) is 49.1 Å². The number of carbonyl (C=O) groups is 2. The molecular weight excluding hydrogens is 392 g/mol. The molecule has 8 heteroatoms. The number of hydrogen-bond donors (Lipinski definition) is 2. The third-order valence-electron chi connectivity index (χ3n) is 5.03. The van der Waals surface area contributed by atoms with Crippen molar-refractivity contribution in [3.05, 3.63) is 60.2 Å². The molecule has 160 valence electrons. The van der Waals surface area contributed by atoms with Crippen LogP contribution in [0.15, 0.2) is 54.6 Å². The van der Waals surface area contributed by atoms with Gasteiger partial charge in [0.05, 0.1) is 0 Å². The largest absolute Gasteiger partial charge is 0.435 e. The summed E-state index contributed by atoms with van der Waals surface area (Å²) in [6.45, 7) is -1.36. The van der Waals surface area contributed by atoms with Crippen LogP contribution in [-0.4, -0.2) is 43.1 Å². The van der Waals surface area contributed by atoms with E-state index >= 15 is 0 Å². The van der Waals surface area contributed by atoms with Crippen LogP contribution in [0.1, 0.15) is 18.4 Å². The van der Waals surface area contributed by atoms with E-state index in [0.29, 0.717) is 38.9 Å². The average Bonchev–Trinajstić information content (AvgIpc) is 2.75. The van der Waals surface area contributed by atoms with Gasteiger partial charge in [-0.2, -0.15) is 8.78 Å². The van der Waals surface area contributed by atoms with E-state index in [1.165, 1.54) is 12.1 Å². The maximum atomic E-state index is 12.4. The molecule has 1 heterocycles. The fourth-order valence-corrected chi connectivity index (χ4v) is 3.37. The molecule has 0 aromatic heterocycles. The molecule has 30 heavy (non-hydrogen) atoms. The number of ether oxygens (including phenoxy) is 1. The number of likely N-dealkylation sites (tertiary alicyclic amines) is 1. The molecule has 0 saturated carbocycles. The zero-order chi connectivity index (χ0) is 21.3. The number of carbonyl (C=O) groups excluding carboxylic acids is 2. The number of benzene rings is 2. The standard InChI is InChI=1S/C22H25F2N3O3/c23-21(24)30-19-8-6-16(7-9-19)10-13-25-22(29)27-14-11-17(12-15-27)20(28)26-18-4-2-1-3-5-18/h1-9,17,21H,10-15H2,(H,25,29)(H,26,28). The van der Waals surface area contributed by atoms with Gasteiger partial charge in [-0.3, -0.25) is 4.79 Å². The molecule has 0 atom stereocenters. The second kappa shape index (κ2) is 10.6. The highest BCUT2D eigenvalue weighted by atomic mass is 19.3. The number of urea groups is 1. The quantitative estimate of drug-likeness (QED) is 0.718. The van der Waals surface area contributed by atoms with Crippen molar-refractivity contribution < 1.29 is 23.1 Å². The van der Waals surface area contributed by atoms with Crippen LogP contribution in [0.2, 0.25) is 0 Å². The van der Waals surface area contributed by atoms with Gasteiger partial charge in [-0.15, -0.1) is 0 Å². The number of hydrogen-bond acceptors (Lipinski definition) is 3. The zero-order valence-corrected chi connectivity index (χ0v) is 16.5. The summed E-state index contributed by atoms with van der Waals surface area (Å²) in [6.07, 6.45) is 1.83. The lowest BCUT2D eigenvalue weighted by molar-refractivity contribution is -0.121. The van der Waals surface area contributed by atoms with Crippen LogP contribution in [0.4, 0.5) is 19.3 Å². The number of alkyl halides is 2. The Kier molecular flexibility index (Phi) is 7.59. The van der Waals surface area contributed by atoms with Crippen LogP contribution < -0.4 is 15.4 Å². The van der Waals surface area contributed by atoms with Crippen LogP contribution in [0.3, 0.4) is 0 Å². The second-order valence-corrected chi connectivity index (χ2v) is 7.12. The lowest BCUT2D eigenvalue weighted by Gasteiger charge is -2.31. The first-order valence-electron chi connectivity index (χ1n) is 9.93. The number of nitrogens with one attached hydrogen (secondary N) is 2. The topological polar surface area (TPSA) is 70.7 Å². The zero-order valence-electron chi connectivity index (χ0n) is 16.5. The molecule has 1 aliphatic rings. The summed E-state index contributed by atoms with van der Waals surface area (Å²) < 4.78 is 28.6. The Morgan fingerprint density at radius 1 is 1.03 bits per heavy atom. The van der Waals surface area contributed by atoms with Crippen molar-refractivity contribution in [2.75, 3.05) is 25.0 Å². The molecule has 2 aromatic carbocycles. The molecule has 0 aliphatic carbocycles. The highest BCUT2D eigenvalue weighted by molar-refractivity contribution is 5.92. The Morgan fingerprint density at radius 3 is 2.33 bits per heavy atom. The lowest BCUT2D eigenvalue weighted by atomic mass is 9.96. The smallest absolute Gasteiger partial charge is 0.387 e. The van der Waals surface area contributed by atoms with E-state index in [-0.39, 0.29) is 23.6 Å². The average molecular weight is 417 g/mol. The normalized spacial score (nSPS) is 14.4. The van der Waals surface area contributed by atoms with E-state index in [9.17, 15) is 18.4 Å². The van der Waals surface area contributed by atoms with E-state index in [1.54, 1.807) is 17.0 Å². The number of anilines is 1. The molecule has 0 unspecified atom stereocenters. The van der Waals surface area contributed by atoms with Crippen LogP contribution in [0.25, 0.3) is 0 Å². The highest BCUT2D eigenvalue weighted by Crippen LogP contribution is 2.20. The molecule has 0 spiro atoms. The molecule has 0 bridgehead atoms. The van der Waals surface area contributed by atoms with Gasteiger partial charge < -0.3 is 20.3 Å². The molecule has 1 fully saturated rings. The van der Waals surface area contributed by atoms with Crippen molar-refractivity contribution in [3.63, 3.8) is 0 Å². The first-order chi connectivity index (χ1) is 14.5. The third-order valence-corrected chi connectivity index (χ3v) is 5.03. The van der Waals surface area contributed by atoms with E-state index in [1.807, 2.05) is 30.3 Å². The molecule has 2 aromatic rings. The molecular formula is C22H25F2N3O3. The first-order valence-corrected chi connectivity index (χ1v) is 9.93. The number of rotatable bonds is 7. The SMILES string of the molecule is O=C(Nc1ccccc1)C1CCN(C(=O)NCCc2ccc(OC(F)F)cc2)CC1. The van der Waals surface area contributed by atoms with Gasteiger partial charge in [0.1, 0.15) is 5.75 Å². The fourth-order valence-electron chi connectivity index (χ4n) is 3.37. The van der Waals surface area contributed by atoms with Crippen molar-refractivity contribution in [1.29, 1.82) is 0 Å². The van der Waals surface area contributed by atoms with E-state index < -0.39 is 6.61 Å². The number of halogens is 2. The summed E-state index contributed by atoms with van der Waals surface area (Å²) in [5, 5.41) is 5.78. The molecule has 1 saturated heterocycles. The Balaban J connectivity index is 1.36. The van der Waals surface area contributed by atoms with Crippen LogP contribution in [0, 0.1) is 5.92 Å². The van der Waals surface area contributed by atoms with Crippen molar-refractivity contribution in [3.8, 4) is 5.75 Å². The predicted molar refractivity (Wildman–Crippen MR) is 110 cm³/mol.